The van der Waals surface area contributed by atoms with Crippen molar-refractivity contribution < 1.29 is 28.6 Å². The molecule has 0 unspecified atom stereocenters. The van der Waals surface area contributed by atoms with Crippen LogP contribution in [0.4, 0.5) is 4.39 Å². The number of carbonyl (C=O) groups is 3. The number of ether oxygens (including phenoxy) is 1. The Hall–Kier alpha value is -2.97. The molecule has 0 aliphatic rings. The van der Waals surface area contributed by atoms with E-state index < -0.39 is 41.5 Å². The van der Waals surface area contributed by atoms with Crippen LogP contribution in [0.2, 0.25) is 5.02 Å². The number of aliphatic carboxylic acids is 1. The number of amides is 1. The summed E-state index contributed by atoms with van der Waals surface area (Å²) in [6.07, 6.45) is -0.614. The topological polar surface area (TPSA) is 110 Å². The Morgan fingerprint density at radius 1 is 1.26 bits per heavy atom. The first kappa shape index (κ1) is 20.3. The standard InChI is InChI=1S/C18H16ClFN2O5/c1-27-11-5-2-4-10(8-11)15(23)9-14(18(25)26)22(21)17(24)16-12(19)6-3-7-13(16)20/h2-8,14H,9,21H2,1H3,(H,25,26)/t14-/m0/s1. The molecule has 0 bridgehead atoms. The number of hydrogen-bond acceptors (Lipinski definition) is 5. The summed E-state index contributed by atoms with van der Waals surface area (Å²) in [4.78, 5) is 36.4. The first-order valence-corrected chi connectivity index (χ1v) is 8.06. The molecule has 2 aromatic rings. The van der Waals surface area contributed by atoms with Crippen molar-refractivity contribution in [2.45, 2.75) is 12.5 Å². The van der Waals surface area contributed by atoms with Crippen molar-refractivity contribution in [2.75, 3.05) is 7.11 Å². The molecule has 1 amide bonds. The monoisotopic (exact) mass is 394 g/mol. The number of carboxylic acids is 1. The van der Waals surface area contributed by atoms with E-state index in [-0.39, 0.29) is 10.6 Å². The van der Waals surface area contributed by atoms with Gasteiger partial charge in [0, 0.05) is 12.0 Å². The largest absolute Gasteiger partial charge is 0.497 e. The summed E-state index contributed by atoms with van der Waals surface area (Å²) in [5.74, 6) is 1.82. The van der Waals surface area contributed by atoms with Crippen molar-refractivity contribution in [3.8, 4) is 5.75 Å². The van der Waals surface area contributed by atoms with Crippen LogP contribution in [0.3, 0.4) is 0 Å². The lowest BCUT2D eigenvalue weighted by Gasteiger charge is -2.24. The zero-order valence-electron chi connectivity index (χ0n) is 14.2. The molecule has 7 nitrogen and oxygen atoms in total. The summed E-state index contributed by atoms with van der Waals surface area (Å²) >= 11 is 5.82. The number of nitrogens with zero attached hydrogens (tertiary/aromatic N) is 1. The van der Waals surface area contributed by atoms with E-state index >= 15 is 0 Å². The Labute approximate surface area is 159 Å². The smallest absolute Gasteiger partial charge is 0.328 e. The van der Waals surface area contributed by atoms with Crippen LogP contribution in [-0.2, 0) is 4.79 Å². The summed E-state index contributed by atoms with van der Waals surface area (Å²) in [5, 5.41) is 9.47. The van der Waals surface area contributed by atoms with Gasteiger partial charge in [-0.05, 0) is 24.3 Å². The summed E-state index contributed by atoms with van der Waals surface area (Å²) in [5.41, 5.74) is -0.382. The Morgan fingerprint density at radius 2 is 1.93 bits per heavy atom. The zero-order valence-corrected chi connectivity index (χ0v) is 14.9. The second kappa shape index (κ2) is 8.61. The minimum atomic E-state index is -1.72. The van der Waals surface area contributed by atoms with Gasteiger partial charge in [-0.15, -0.1) is 0 Å². The number of Topliss-reactive ketones (excluding diaryl/α,β-unsaturated/α-hetero) is 1. The molecule has 0 aliphatic heterocycles. The van der Waals surface area contributed by atoms with Crippen molar-refractivity contribution in [3.05, 3.63) is 64.4 Å². The molecule has 0 aliphatic carbocycles. The maximum atomic E-state index is 13.9. The maximum Gasteiger partial charge on any atom is 0.328 e. The summed E-state index contributed by atoms with van der Waals surface area (Å²) < 4.78 is 18.9. The van der Waals surface area contributed by atoms with Gasteiger partial charge in [0.2, 0.25) is 0 Å². The predicted molar refractivity (Wildman–Crippen MR) is 95.1 cm³/mol. The van der Waals surface area contributed by atoms with Crippen LogP contribution in [0.25, 0.3) is 0 Å². The fraction of sp³-hybridized carbons (Fsp3) is 0.167. The SMILES string of the molecule is COc1cccc(C(=O)C[C@@H](C(=O)O)N(N)C(=O)c2c(F)cccc2Cl)c1. The maximum absolute atomic E-state index is 13.9. The summed E-state index contributed by atoms with van der Waals surface area (Å²) in [7, 11) is 1.42. The molecule has 0 radical (unpaired) electrons. The molecule has 0 saturated carbocycles. The third-order valence-electron chi connectivity index (χ3n) is 3.80. The normalized spacial score (nSPS) is 11.6. The van der Waals surface area contributed by atoms with Crippen molar-refractivity contribution in [3.63, 3.8) is 0 Å². The quantitative estimate of drug-likeness (QED) is 0.323. The van der Waals surface area contributed by atoms with Gasteiger partial charge in [-0.2, -0.15) is 0 Å². The average molecular weight is 395 g/mol. The van der Waals surface area contributed by atoms with E-state index in [0.29, 0.717) is 10.8 Å². The number of carbonyl (C=O) groups excluding carboxylic acids is 2. The Morgan fingerprint density at radius 3 is 2.52 bits per heavy atom. The highest BCUT2D eigenvalue weighted by molar-refractivity contribution is 6.33. The molecular weight excluding hydrogens is 379 g/mol. The van der Waals surface area contributed by atoms with E-state index in [9.17, 15) is 23.9 Å². The second-order valence-corrected chi connectivity index (χ2v) is 5.93. The fourth-order valence-electron chi connectivity index (χ4n) is 2.37. The number of hydrogen-bond donors (Lipinski definition) is 2. The summed E-state index contributed by atoms with van der Waals surface area (Å²) in [6, 6.07) is 7.91. The minimum absolute atomic E-state index is 0.186. The van der Waals surface area contributed by atoms with Gasteiger partial charge in [-0.25, -0.2) is 15.0 Å². The zero-order chi connectivity index (χ0) is 20.1. The van der Waals surface area contributed by atoms with E-state index in [4.69, 9.17) is 22.2 Å². The molecular formula is C18H16ClFN2O5. The minimum Gasteiger partial charge on any atom is -0.497 e. The number of hydrazine groups is 1. The number of benzene rings is 2. The number of carboxylic acid groups (broad SMARTS) is 1. The molecule has 0 aromatic heterocycles. The Bertz CT molecular complexity index is 870. The molecule has 1 atom stereocenters. The van der Waals surface area contributed by atoms with Crippen LogP contribution in [0.5, 0.6) is 5.75 Å². The lowest BCUT2D eigenvalue weighted by Crippen LogP contribution is -2.50. The van der Waals surface area contributed by atoms with Crippen LogP contribution in [0, 0.1) is 5.82 Å². The molecule has 9 heteroatoms. The van der Waals surface area contributed by atoms with Crippen LogP contribution in [-0.4, -0.2) is 40.9 Å². The van der Waals surface area contributed by atoms with Gasteiger partial charge in [0.25, 0.3) is 5.91 Å². The number of methoxy groups -OCH3 is 1. The fourth-order valence-corrected chi connectivity index (χ4v) is 2.61. The van der Waals surface area contributed by atoms with Gasteiger partial charge in [-0.1, -0.05) is 29.8 Å². The predicted octanol–water partition coefficient (Wildman–Crippen LogP) is 2.53. The van der Waals surface area contributed by atoms with Crippen LogP contribution in [0.1, 0.15) is 27.1 Å². The highest BCUT2D eigenvalue weighted by atomic mass is 35.5. The van der Waals surface area contributed by atoms with Gasteiger partial charge in [0.1, 0.15) is 11.6 Å². The van der Waals surface area contributed by atoms with Gasteiger partial charge >= 0.3 is 5.97 Å². The highest BCUT2D eigenvalue weighted by Gasteiger charge is 2.33. The molecule has 142 valence electrons. The van der Waals surface area contributed by atoms with Crippen molar-refractivity contribution >= 4 is 29.3 Å². The van der Waals surface area contributed by atoms with Gasteiger partial charge in [0.15, 0.2) is 11.8 Å². The molecule has 2 rings (SSSR count). The van der Waals surface area contributed by atoms with E-state index in [1.165, 1.54) is 31.4 Å². The summed E-state index contributed by atoms with van der Waals surface area (Å²) in [6.45, 7) is 0. The van der Waals surface area contributed by atoms with Gasteiger partial charge in [-0.3, -0.25) is 14.6 Å². The molecule has 0 spiro atoms. The van der Waals surface area contributed by atoms with E-state index in [1.807, 2.05) is 0 Å². The van der Waals surface area contributed by atoms with Crippen LogP contribution < -0.4 is 10.6 Å². The number of rotatable bonds is 7. The van der Waals surface area contributed by atoms with Gasteiger partial charge in [0.05, 0.1) is 17.7 Å². The third-order valence-corrected chi connectivity index (χ3v) is 4.12. The molecule has 2 aromatic carbocycles. The number of nitrogens with two attached hydrogens (primary N) is 1. The van der Waals surface area contributed by atoms with E-state index in [0.717, 1.165) is 6.07 Å². The molecule has 0 heterocycles. The van der Waals surface area contributed by atoms with Crippen molar-refractivity contribution in [2.24, 2.45) is 5.84 Å². The van der Waals surface area contributed by atoms with Gasteiger partial charge < -0.3 is 9.84 Å². The number of halogens is 2. The lowest BCUT2D eigenvalue weighted by atomic mass is 10.0. The van der Waals surface area contributed by atoms with Crippen molar-refractivity contribution in [1.82, 2.24) is 5.01 Å². The number of ketones is 1. The van der Waals surface area contributed by atoms with Crippen LogP contribution in [0.15, 0.2) is 42.5 Å². The Kier molecular flexibility index (Phi) is 6.49. The molecule has 27 heavy (non-hydrogen) atoms. The first-order chi connectivity index (χ1) is 12.8. The first-order valence-electron chi connectivity index (χ1n) is 7.68. The molecule has 0 fully saturated rings. The molecule has 0 saturated heterocycles. The average Bonchev–Trinajstić information content (AvgIpc) is 2.64. The lowest BCUT2D eigenvalue weighted by molar-refractivity contribution is -0.142. The van der Waals surface area contributed by atoms with E-state index in [2.05, 4.69) is 0 Å². The molecule has 3 N–H and O–H groups in total. The highest BCUT2D eigenvalue weighted by Crippen LogP contribution is 2.22. The van der Waals surface area contributed by atoms with Crippen LogP contribution >= 0.6 is 11.6 Å². The van der Waals surface area contributed by atoms with Crippen molar-refractivity contribution in [1.29, 1.82) is 0 Å². The van der Waals surface area contributed by atoms with E-state index in [1.54, 1.807) is 12.1 Å². The Balaban J connectivity index is 2.27. The second-order valence-electron chi connectivity index (χ2n) is 5.52. The third kappa shape index (κ3) is 4.60.